The maximum atomic E-state index is 12.2. The van der Waals surface area contributed by atoms with Crippen LogP contribution >= 0.6 is 0 Å². The van der Waals surface area contributed by atoms with Crippen LogP contribution in [0, 0.1) is 0 Å². The molecule has 1 aromatic rings. The predicted molar refractivity (Wildman–Crippen MR) is 104 cm³/mol. The van der Waals surface area contributed by atoms with Crippen LogP contribution in [0.4, 0.5) is 0 Å². The van der Waals surface area contributed by atoms with E-state index < -0.39 is 5.97 Å². The van der Waals surface area contributed by atoms with Crippen molar-refractivity contribution in [1.82, 2.24) is 4.90 Å². The van der Waals surface area contributed by atoms with E-state index in [-0.39, 0.29) is 24.2 Å². The Morgan fingerprint density at radius 3 is 2.70 bits per heavy atom. The van der Waals surface area contributed by atoms with Crippen LogP contribution in [-0.2, 0) is 20.8 Å². The highest BCUT2D eigenvalue weighted by Crippen LogP contribution is 2.19. The molecule has 1 saturated heterocycles. The quantitative estimate of drug-likeness (QED) is 0.389. The summed E-state index contributed by atoms with van der Waals surface area (Å²) in [5.41, 5.74) is 0.980. The van der Waals surface area contributed by atoms with Gasteiger partial charge in [0.2, 0.25) is 5.91 Å². The van der Waals surface area contributed by atoms with Gasteiger partial charge >= 0.3 is 5.97 Å². The summed E-state index contributed by atoms with van der Waals surface area (Å²) in [7, 11) is 0. The molecule has 0 saturated carbocycles. The lowest BCUT2D eigenvalue weighted by Crippen LogP contribution is -2.42. The predicted octanol–water partition coefficient (Wildman–Crippen LogP) is 3.55. The van der Waals surface area contributed by atoms with E-state index in [1.807, 2.05) is 48.6 Å². The molecule has 0 spiro atoms. The number of carbonyl (C=O) groups excluding carboxylic acids is 2. The first-order valence-electron chi connectivity index (χ1n) is 9.47. The van der Waals surface area contributed by atoms with E-state index in [2.05, 4.69) is 0 Å². The van der Waals surface area contributed by atoms with Crippen molar-refractivity contribution in [2.24, 2.45) is 0 Å². The third kappa shape index (κ3) is 7.60. The molecule has 144 valence electrons. The summed E-state index contributed by atoms with van der Waals surface area (Å²) in [4.78, 5) is 36.7. The van der Waals surface area contributed by atoms with Gasteiger partial charge in [0.1, 0.15) is 0 Å². The fourth-order valence-corrected chi connectivity index (χ4v) is 3.14. The van der Waals surface area contributed by atoms with E-state index in [9.17, 15) is 14.4 Å². The van der Waals surface area contributed by atoms with E-state index >= 15 is 0 Å². The van der Waals surface area contributed by atoms with Crippen molar-refractivity contribution in [3.8, 4) is 0 Å². The average molecular weight is 369 g/mol. The van der Waals surface area contributed by atoms with Crippen molar-refractivity contribution in [2.45, 2.75) is 51.0 Å². The Morgan fingerprint density at radius 1 is 1.19 bits per heavy atom. The van der Waals surface area contributed by atoms with E-state index in [4.69, 9.17) is 5.11 Å². The van der Waals surface area contributed by atoms with Crippen molar-refractivity contribution in [3.05, 3.63) is 60.2 Å². The SMILES string of the molecule is O=C(O)CCCC=CCN1C(=O)CCC[C@@H]1C=CC(=O)Cc1ccccc1. The molecule has 1 amide bonds. The molecule has 1 heterocycles. The molecule has 27 heavy (non-hydrogen) atoms. The number of carboxylic acid groups (broad SMARTS) is 1. The number of hydrogen-bond donors (Lipinski definition) is 1. The summed E-state index contributed by atoms with van der Waals surface area (Å²) >= 11 is 0. The van der Waals surface area contributed by atoms with E-state index in [1.165, 1.54) is 0 Å². The summed E-state index contributed by atoms with van der Waals surface area (Å²) in [6.07, 6.45) is 11.3. The third-order valence-corrected chi connectivity index (χ3v) is 4.57. The number of unbranched alkanes of at least 4 members (excludes halogenated alkanes) is 1. The van der Waals surface area contributed by atoms with Crippen molar-refractivity contribution in [2.75, 3.05) is 6.54 Å². The molecule has 0 unspecified atom stereocenters. The lowest BCUT2D eigenvalue weighted by molar-refractivity contribution is -0.137. The summed E-state index contributed by atoms with van der Waals surface area (Å²) < 4.78 is 0. The zero-order chi connectivity index (χ0) is 19.5. The number of likely N-dealkylation sites (tertiary alicyclic amines) is 1. The molecule has 1 fully saturated rings. The van der Waals surface area contributed by atoms with Crippen LogP contribution in [-0.4, -0.2) is 40.3 Å². The van der Waals surface area contributed by atoms with Crippen LogP contribution in [0.5, 0.6) is 0 Å². The van der Waals surface area contributed by atoms with Gasteiger partial charge < -0.3 is 10.0 Å². The second kappa shape index (κ2) is 11.1. The van der Waals surface area contributed by atoms with Crippen molar-refractivity contribution in [3.63, 3.8) is 0 Å². The van der Waals surface area contributed by atoms with E-state index in [0.717, 1.165) is 18.4 Å². The normalized spacial score (nSPS) is 17.7. The Balaban J connectivity index is 1.86. The van der Waals surface area contributed by atoms with Crippen LogP contribution in [0.25, 0.3) is 0 Å². The monoisotopic (exact) mass is 369 g/mol. The molecule has 0 radical (unpaired) electrons. The van der Waals surface area contributed by atoms with Gasteiger partial charge in [-0.3, -0.25) is 14.4 Å². The third-order valence-electron chi connectivity index (χ3n) is 4.57. The number of ketones is 1. The van der Waals surface area contributed by atoms with Crippen molar-refractivity contribution < 1.29 is 19.5 Å². The lowest BCUT2D eigenvalue weighted by Gasteiger charge is -2.33. The molecular weight excluding hydrogens is 342 g/mol. The zero-order valence-corrected chi connectivity index (χ0v) is 15.5. The number of carbonyl (C=O) groups is 3. The first kappa shape index (κ1) is 20.6. The molecular formula is C22H27NO4. The van der Waals surface area contributed by atoms with Crippen LogP contribution in [0.2, 0.25) is 0 Å². The minimum atomic E-state index is -0.792. The van der Waals surface area contributed by atoms with Gasteiger partial charge in [-0.25, -0.2) is 0 Å². The van der Waals surface area contributed by atoms with E-state index in [1.54, 1.807) is 11.0 Å². The first-order valence-corrected chi connectivity index (χ1v) is 9.47. The minimum Gasteiger partial charge on any atom is -0.481 e. The highest BCUT2D eigenvalue weighted by molar-refractivity contribution is 5.91. The van der Waals surface area contributed by atoms with Crippen LogP contribution < -0.4 is 0 Å². The Morgan fingerprint density at radius 2 is 1.96 bits per heavy atom. The molecule has 0 bridgehead atoms. The second-order valence-corrected chi connectivity index (χ2v) is 6.75. The number of hydrogen-bond acceptors (Lipinski definition) is 3. The summed E-state index contributed by atoms with van der Waals surface area (Å²) in [6, 6.07) is 9.54. The van der Waals surface area contributed by atoms with Gasteiger partial charge in [-0.2, -0.15) is 0 Å². The van der Waals surface area contributed by atoms with Gasteiger partial charge in [-0.15, -0.1) is 0 Å². The number of nitrogens with zero attached hydrogens (tertiary/aromatic N) is 1. The Hall–Kier alpha value is -2.69. The molecule has 5 heteroatoms. The molecule has 1 aliphatic heterocycles. The summed E-state index contributed by atoms with van der Waals surface area (Å²) in [6.45, 7) is 0.494. The molecule has 5 nitrogen and oxygen atoms in total. The smallest absolute Gasteiger partial charge is 0.303 e. The Labute approximate surface area is 160 Å². The van der Waals surface area contributed by atoms with Crippen LogP contribution in [0.1, 0.15) is 44.1 Å². The van der Waals surface area contributed by atoms with Crippen LogP contribution in [0.15, 0.2) is 54.6 Å². The molecule has 0 aliphatic carbocycles. The first-order chi connectivity index (χ1) is 13.1. The standard InChI is InChI=1S/C22H27NO4/c24-20(17-18-9-4-3-5-10-18)15-14-19-11-8-12-21(25)23(19)16-7-2-1-6-13-22(26)27/h2-5,7,9-10,14-15,19H,1,6,8,11-13,16-17H2,(H,26,27)/t19-/m1/s1. The van der Waals surface area contributed by atoms with Crippen molar-refractivity contribution >= 4 is 17.7 Å². The van der Waals surface area contributed by atoms with Gasteiger partial charge in [0.05, 0.1) is 6.04 Å². The molecule has 1 N–H and O–H groups in total. The topological polar surface area (TPSA) is 74.7 Å². The number of allylic oxidation sites excluding steroid dienone is 2. The highest BCUT2D eigenvalue weighted by Gasteiger charge is 2.25. The zero-order valence-electron chi connectivity index (χ0n) is 15.5. The van der Waals surface area contributed by atoms with E-state index in [0.29, 0.717) is 32.2 Å². The minimum absolute atomic E-state index is 0.0309. The number of piperidine rings is 1. The van der Waals surface area contributed by atoms with Crippen molar-refractivity contribution in [1.29, 1.82) is 0 Å². The van der Waals surface area contributed by atoms with Crippen LogP contribution in [0.3, 0.4) is 0 Å². The van der Waals surface area contributed by atoms with Gasteiger partial charge in [0.25, 0.3) is 0 Å². The number of carboxylic acids is 1. The maximum absolute atomic E-state index is 12.2. The van der Waals surface area contributed by atoms with Gasteiger partial charge in [-0.1, -0.05) is 48.6 Å². The van der Waals surface area contributed by atoms with Gasteiger partial charge in [0.15, 0.2) is 5.78 Å². The number of rotatable bonds is 10. The number of aliphatic carboxylic acids is 1. The second-order valence-electron chi connectivity index (χ2n) is 6.75. The summed E-state index contributed by atoms with van der Waals surface area (Å²) in [5, 5.41) is 8.63. The molecule has 1 atom stereocenters. The summed E-state index contributed by atoms with van der Waals surface area (Å²) in [5.74, 6) is -0.662. The molecule has 2 rings (SSSR count). The Bertz CT molecular complexity index is 694. The largest absolute Gasteiger partial charge is 0.481 e. The number of benzene rings is 1. The van der Waals surface area contributed by atoms with Gasteiger partial charge in [0, 0.05) is 25.8 Å². The highest BCUT2D eigenvalue weighted by atomic mass is 16.4. The Kier molecular flexibility index (Phi) is 8.49. The maximum Gasteiger partial charge on any atom is 0.303 e. The average Bonchev–Trinajstić information content (AvgIpc) is 2.65. The fourth-order valence-electron chi connectivity index (χ4n) is 3.14. The molecule has 1 aromatic carbocycles. The molecule has 1 aliphatic rings. The number of amides is 1. The lowest BCUT2D eigenvalue weighted by atomic mass is 10.00. The van der Waals surface area contributed by atoms with Gasteiger partial charge in [-0.05, 0) is 37.3 Å². The fraction of sp³-hybridized carbons (Fsp3) is 0.409. The molecule has 0 aromatic heterocycles.